The molecule has 88 valence electrons. The first-order valence-electron chi connectivity index (χ1n) is 6.14. The summed E-state index contributed by atoms with van der Waals surface area (Å²) in [5, 5.41) is 8.91. The number of rotatable bonds is 1. The Kier molecular flexibility index (Phi) is 2.56. The summed E-state index contributed by atoms with van der Waals surface area (Å²) < 4.78 is 0. The lowest BCUT2D eigenvalue weighted by Crippen LogP contribution is -1.95. The number of nitrogens with zero attached hydrogens (tertiary/aromatic N) is 3. The number of hydrogen-bond donors (Lipinski definition) is 0. The fourth-order valence-corrected chi connectivity index (χ4v) is 2.50. The molecule has 3 nitrogen and oxygen atoms in total. The minimum atomic E-state index is 0.241. The first-order chi connectivity index (χ1) is 8.76. The Morgan fingerprint density at radius 1 is 1.11 bits per heavy atom. The Bertz CT molecular complexity index is 653. The molecule has 0 atom stereocenters. The normalized spacial score (nSPS) is 13.1. The third kappa shape index (κ3) is 1.86. The van der Waals surface area contributed by atoms with Crippen LogP contribution in [0, 0.1) is 18.3 Å². The van der Waals surface area contributed by atoms with Gasteiger partial charge in [-0.05, 0) is 49.4 Å². The van der Waals surface area contributed by atoms with E-state index in [0.29, 0.717) is 0 Å². The fourth-order valence-electron chi connectivity index (χ4n) is 2.50. The van der Waals surface area contributed by atoms with Gasteiger partial charge in [-0.2, -0.15) is 5.26 Å². The molecule has 0 spiro atoms. The monoisotopic (exact) mass is 235 g/mol. The summed E-state index contributed by atoms with van der Waals surface area (Å²) in [4.78, 5) is 8.35. The van der Waals surface area contributed by atoms with Gasteiger partial charge in [0.25, 0.3) is 0 Å². The highest BCUT2D eigenvalue weighted by Gasteiger charge is 2.12. The van der Waals surface area contributed by atoms with Crippen LogP contribution in [-0.2, 0) is 12.8 Å². The van der Waals surface area contributed by atoms with Crippen LogP contribution in [0.15, 0.2) is 24.3 Å². The maximum atomic E-state index is 8.91. The van der Waals surface area contributed by atoms with Crippen molar-refractivity contribution in [1.29, 1.82) is 5.26 Å². The molecule has 0 aliphatic heterocycles. The van der Waals surface area contributed by atoms with Gasteiger partial charge in [-0.1, -0.05) is 12.1 Å². The first-order valence-corrected chi connectivity index (χ1v) is 6.14. The van der Waals surface area contributed by atoms with Gasteiger partial charge in [-0.15, -0.1) is 0 Å². The molecular weight excluding hydrogens is 222 g/mol. The third-order valence-corrected chi connectivity index (χ3v) is 3.35. The average Bonchev–Trinajstić information content (AvgIpc) is 2.85. The SMILES string of the molecule is Cc1cc(-c2ccc3c(c2)CCC3)nc(C#N)n1. The zero-order valence-corrected chi connectivity index (χ0v) is 10.3. The summed E-state index contributed by atoms with van der Waals surface area (Å²) in [6.45, 7) is 1.89. The van der Waals surface area contributed by atoms with Crippen molar-refractivity contribution in [2.24, 2.45) is 0 Å². The molecule has 0 saturated carbocycles. The van der Waals surface area contributed by atoms with Crippen molar-refractivity contribution in [1.82, 2.24) is 9.97 Å². The van der Waals surface area contributed by atoms with E-state index in [4.69, 9.17) is 5.26 Å². The van der Waals surface area contributed by atoms with Crippen LogP contribution in [0.4, 0.5) is 0 Å². The lowest BCUT2D eigenvalue weighted by molar-refractivity contribution is 0.912. The van der Waals surface area contributed by atoms with Crippen LogP contribution in [0.5, 0.6) is 0 Å². The van der Waals surface area contributed by atoms with Gasteiger partial charge >= 0.3 is 0 Å². The van der Waals surface area contributed by atoms with Gasteiger partial charge in [0.2, 0.25) is 5.82 Å². The zero-order valence-electron chi connectivity index (χ0n) is 10.3. The number of benzene rings is 1. The highest BCUT2D eigenvalue weighted by Crippen LogP contribution is 2.27. The molecule has 0 bridgehead atoms. The van der Waals surface area contributed by atoms with Gasteiger partial charge in [-0.25, -0.2) is 9.97 Å². The molecule has 2 aromatic rings. The minimum absolute atomic E-state index is 0.241. The van der Waals surface area contributed by atoms with E-state index in [0.717, 1.165) is 23.4 Å². The number of hydrogen-bond acceptors (Lipinski definition) is 3. The molecule has 1 aliphatic carbocycles. The molecule has 0 unspecified atom stereocenters. The molecule has 1 aromatic carbocycles. The number of aryl methyl sites for hydroxylation is 3. The van der Waals surface area contributed by atoms with Crippen LogP contribution >= 0.6 is 0 Å². The van der Waals surface area contributed by atoms with Gasteiger partial charge in [0.15, 0.2) is 0 Å². The molecular formula is C15H13N3. The van der Waals surface area contributed by atoms with Crippen molar-refractivity contribution in [2.45, 2.75) is 26.2 Å². The molecule has 1 heterocycles. The topological polar surface area (TPSA) is 49.6 Å². The zero-order chi connectivity index (χ0) is 12.5. The molecule has 18 heavy (non-hydrogen) atoms. The van der Waals surface area contributed by atoms with E-state index in [1.807, 2.05) is 19.1 Å². The maximum absolute atomic E-state index is 8.91. The van der Waals surface area contributed by atoms with E-state index < -0.39 is 0 Å². The summed E-state index contributed by atoms with van der Waals surface area (Å²) in [6, 6.07) is 10.4. The lowest BCUT2D eigenvalue weighted by Gasteiger charge is -2.05. The van der Waals surface area contributed by atoms with Gasteiger partial charge in [0.05, 0.1) is 5.69 Å². The number of nitriles is 1. The predicted molar refractivity (Wildman–Crippen MR) is 68.9 cm³/mol. The Labute approximate surface area is 106 Å². The molecule has 0 amide bonds. The van der Waals surface area contributed by atoms with Crippen molar-refractivity contribution in [3.05, 3.63) is 46.9 Å². The van der Waals surface area contributed by atoms with Crippen LogP contribution in [0.3, 0.4) is 0 Å². The van der Waals surface area contributed by atoms with Gasteiger partial charge in [0.1, 0.15) is 6.07 Å². The highest BCUT2D eigenvalue weighted by atomic mass is 14.9. The van der Waals surface area contributed by atoms with Crippen LogP contribution in [0.2, 0.25) is 0 Å². The summed E-state index contributed by atoms with van der Waals surface area (Å²) in [7, 11) is 0. The van der Waals surface area contributed by atoms with Crippen LogP contribution < -0.4 is 0 Å². The average molecular weight is 235 g/mol. The molecule has 1 aliphatic rings. The second kappa shape index (κ2) is 4.23. The van der Waals surface area contributed by atoms with Gasteiger partial charge in [-0.3, -0.25) is 0 Å². The van der Waals surface area contributed by atoms with Crippen molar-refractivity contribution < 1.29 is 0 Å². The molecule has 0 N–H and O–H groups in total. The largest absolute Gasteiger partial charge is 0.232 e. The Morgan fingerprint density at radius 3 is 2.78 bits per heavy atom. The molecule has 0 radical (unpaired) electrons. The quantitative estimate of drug-likeness (QED) is 0.763. The second-order valence-corrected chi connectivity index (χ2v) is 4.67. The van der Waals surface area contributed by atoms with Crippen LogP contribution in [0.1, 0.15) is 29.1 Å². The van der Waals surface area contributed by atoms with Crippen molar-refractivity contribution in [3.8, 4) is 17.3 Å². The van der Waals surface area contributed by atoms with Crippen molar-refractivity contribution in [2.75, 3.05) is 0 Å². The summed E-state index contributed by atoms with van der Waals surface area (Å²) in [5.41, 5.74) is 5.62. The van der Waals surface area contributed by atoms with E-state index >= 15 is 0 Å². The Morgan fingerprint density at radius 2 is 1.94 bits per heavy atom. The van der Waals surface area contributed by atoms with E-state index in [-0.39, 0.29) is 5.82 Å². The fraction of sp³-hybridized carbons (Fsp3) is 0.267. The molecule has 3 rings (SSSR count). The second-order valence-electron chi connectivity index (χ2n) is 4.67. The summed E-state index contributed by atoms with van der Waals surface area (Å²) in [5.74, 6) is 0.241. The minimum Gasteiger partial charge on any atom is -0.224 e. The van der Waals surface area contributed by atoms with E-state index in [2.05, 4.69) is 28.2 Å². The lowest BCUT2D eigenvalue weighted by atomic mass is 10.0. The maximum Gasteiger partial charge on any atom is 0.232 e. The molecule has 1 aromatic heterocycles. The number of aromatic nitrogens is 2. The molecule has 0 fully saturated rings. The van der Waals surface area contributed by atoms with Gasteiger partial charge < -0.3 is 0 Å². The Balaban J connectivity index is 2.10. The standard InChI is InChI=1S/C15H13N3/c1-10-7-14(18-15(9-16)17-10)13-6-5-11-3-2-4-12(11)8-13/h5-8H,2-4H2,1H3. The predicted octanol–water partition coefficient (Wildman–Crippen LogP) is 2.81. The summed E-state index contributed by atoms with van der Waals surface area (Å²) in [6.07, 6.45) is 3.57. The Hall–Kier alpha value is -2.21. The highest BCUT2D eigenvalue weighted by molar-refractivity contribution is 5.62. The molecule has 0 saturated heterocycles. The van der Waals surface area contributed by atoms with Crippen LogP contribution in [-0.4, -0.2) is 9.97 Å². The van der Waals surface area contributed by atoms with Crippen molar-refractivity contribution in [3.63, 3.8) is 0 Å². The van der Waals surface area contributed by atoms with E-state index in [9.17, 15) is 0 Å². The molecule has 3 heteroatoms. The van der Waals surface area contributed by atoms with E-state index in [1.165, 1.54) is 24.0 Å². The van der Waals surface area contributed by atoms with Crippen molar-refractivity contribution >= 4 is 0 Å². The van der Waals surface area contributed by atoms with Crippen LogP contribution in [0.25, 0.3) is 11.3 Å². The third-order valence-electron chi connectivity index (χ3n) is 3.35. The van der Waals surface area contributed by atoms with E-state index in [1.54, 1.807) is 0 Å². The van der Waals surface area contributed by atoms with Gasteiger partial charge in [0, 0.05) is 11.3 Å². The smallest absolute Gasteiger partial charge is 0.224 e. The first kappa shape index (κ1) is 10.9. The number of fused-ring (bicyclic) bond motifs is 1. The summed E-state index contributed by atoms with van der Waals surface area (Å²) >= 11 is 0.